The average Bonchev–Trinajstić information content (AvgIpc) is 2.15. The van der Waals surface area contributed by atoms with Crippen LogP contribution in [0.15, 0.2) is 11.6 Å². The van der Waals surface area contributed by atoms with E-state index in [0.29, 0.717) is 12.5 Å². The molecule has 0 saturated carbocycles. The molecule has 3 nitrogen and oxygen atoms in total. The molecule has 0 heterocycles. The fourth-order valence-electron chi connectivity index (χ4n) is 2.01. The number of aliphatic hydroxyl groups is 1. The van der Waals surface area contributed by atoms with Gasteiger partial charge in [-0.3, -0.25) is 4.79 Å². The molecule has 0 fully saturated rings. The zero-order chi connectivity index (χ0) is 13.4. The van der Waals surface area contributed by atoms with E-state index in [1.54, 1.807) is 6.92 Å². The summed E-state index contributed by atoms with van der Waals surface area (Å²) in [4.78, 5) is 11.5. The minimum Gasteiger partial charge on any atom is -0.466 e. The molecule has 0 bridgehead atoms. The van der Waals surface area contributed by atoms with Gasteiger partial charge in [-0.25, -0.2) is 0 Å². The van der Waals surface area contributed by atoms with Crippen molar-refractivity contribution in [3.8, 4) is 0 Å². The zero-order valence-electron chi connectivity index (χ0n) is 11.7. The second-order valence-corrected chi connectivity index (χ2v) is 4.93. The van der Waals surface area contributed by atoms with Gasteiger partial charge in [0.2, 0.25) is 0 Å². The lowest BCUT2D eigenvalue weighted by Crippen LogP contribution is -2.15. The van der Waals surface area contributed by atoms with Crippen LogP contribution in [0.4, 0.5) is 0 Å². The minimum atomic E-state index is -0.281. The molecular formula is C14H26O3. The Labute approximate surface area is 105 Å². The maximum atomic E-state index is 11.5. The maximum Gasteiger partial charge on any atom is 0.308 e. The summed E-state index contributed by atoms with van der Waals surface area (Å²) >= 11 is 0. The Kier molecular flexibility index (Phi) is 7.88. The third kappa shape index (κ3) is 7.97. The maximum absolute atomic E-state index is 11.5. The first-order valence-electron chi connectivity index (χ1n) is 6.38. The number of rotatable bonds is 7. The Balaban J connectivity index is 4.18. The van der Waals surface area contributed by atoms with Crippen molar-refractivity contribution in [2.45, 2.75) is 53.6 Å². The molecule has 0 rings (SSSR count). The highest BCUT2D eigenvalue weighted by Crippen LogP contribution is 2.17. The van der Waals surface area contributed by atoms with Gasteiger partial charge in [0.05, 0.1) is 18.6 Å². The molecule has 0 aromatic heterocycles. The first-order chi connectivity index (χ1) is 7.86. The molecule has 0 aromatic rings. The lowest BCUT2D eigenvalue weighted by atomic mass is 9.96. The first kappa shape index (κ1) is 16.2. The number of hydrogen-bond acceptors (Lipinski definition) is 3. The fraction of sp³-hybridized carbons (Fsp3) is 0.786. The molecule has 17 heavy (non-hydrogen) atoms. The van der Waals surface area contributed by atoms with E-state index < -0.39 is 0 Å². The summed E-state index contributed by atoms with van der Waals surface area (Å²) in [6.07, 6.45) is 3.33. The van der Waals surface area contributed by atoms with Crippen molar-refractivity contribution >= 4 is 5.97 Å². The van der Waals surface area contributed by atoms with Crippen molar-refractivity contribution in [2.75, 3.05) is 6.61 Å². The predicted molar refractivity (Wildman–Crippen MR) is 69.6 cm³/mol. The van der Waals surface area contributed by atoms with Crippen LogP contribution in [-0.4, -0.2) is 23.8 Å². The van der Waals surface area contributed by atoms with Crippen molar-refractivity contribution in [1.29, 1.82) is 0 Å². The number of aliphatic hydroxyl groups excluding tert-OH is 1. The highest BCUT2D eigenvalue weighted by atomic mass is 16.5. The number of esters is 1. The van der Waals surface area contributed by atoms with Crippen molar-refractivity contribution in [2.24, 2.45) is 11.8 Å². The molecular weight excluding hydrogens is 216 g/mol. The summed E-state index contributed by atoms with van der Waals surface area (Å²) in [5.74, 6) is 0.109. The van der Waals surface area contributed by atoms with Crippen LogP contribution >= 0.6 is 0 Å². The zero-order valence-corrected chi connectivity index (χ0v) is 11.7. The van der Waals surface area contributed by atoms with Gasteiger partial charge in [-0.2, -0.15) is 0 Å². The van der Waals surface area contributed by atoms with Gasteiger partial charge in [-0.1, -0.05) is 25.5 Å². The number of carbonyl (C=O) groups is 1. The monoisotopic (exact) mass is 242 g/mol. The second-order valence-electron chi connectivity index (χ2n) is 4.93. The minimum absolute atomic E-state index is 0.0926. The van der Waals surface area contributed by atoms with Gasteiger partial charge >= 0.3 is 5.97 Å². The van der Waals surface area contributed by atoms with Gasteiger partial charge in [-0.15, -0.1) is 0 Å². The lowest BCUT2D eigenvalue weighted by Gasteiger charge is -2.13. The van der Waals surface area contributed by atoms with Crippen molar-refractivity contribution in [1.82, 2.24) is 0 Å². The van der Waals surface area contributed by atoms with Gasteiger partial charge in [-0.05, 0) is 39.5 Å². The number of ether oxygens (including phenoxy) is 1. The lowest BCUT2D eigenvalue weighted by molar-refractivity contribution is -0.147. The van der Waals surface area contributed by atoms with Gasteiger partial charge in [0.1, 0.15) is 0 Å². The molecule has 0 aliphatic carbocycles. The molecule has 0 aliphatic rings. The Hall–Kier alpha value is -0.830. The van der Waals surface area contributed by atoms with Gasteiger partial charge in [0.15, 0.2) is 0 Å². The molecule has 1 N–H and O–H groups in total. The third-order valence-corrected chi connectivity index (χ3v) is 2.60. The van der Waals surface area contributed by atoms with Gasteiger partial charge in [0.25, 0.3) is 0 Å². The Morgan fingerprint density at radius 2 is 1.94 bits per heavy atom. The van der Waals surface area contributed by atoms with Crippen LogP contribution in [0.25, 0.3) is 0 Å². The number of hydrogen-bond donors (Lipinski definition) is 1. The van der Waals surface area contributed by atoms with Crippen LogP contribution in [0.1, 0.15) is 47.5 Å². The highest BCUT2D eigenvalue weighted by molar-refractivity contribution is 5.72. The molecule has 3 heteroatoms. The summed E-state index contributed by atoms with van der Waals surface area (Å²) in [6, 6.07) is 0. The van der Waals surface area contributed by atoms with E-state index in [0.717, 1.165) is 12.8 Å². The van der Waals surface area contributed by atoms with Crippen LogP contribution in [0, 0.1) is 11.8 Å². The van der Waals surface area contributed by atoms with E-state index in [4.69, 9.17) is 4.74 Å². The summed E-state index contributed by atoms with van der Waals surface area (Å²) < 4.78 is 4.97. The smallest absolute Gasteiger partial charge is 0.308 e. The fourth-order valence-corrected chi connectivity index (χ4v) is 2.01. The standard InChI is InChI=1S/C14H26O3/c1-6-17-14(16)12(4)8-10(2)7-11(3)9-13(5)15/h7,11-13,15H,6,8-9H2,1-5H3/b10-7+/t11-,12-,13-/m0/s1. The molecule has 0 radical (unpaired) electrons. The van der Waals surface area contributed by atoms with Gasteiger partial charge in [0, 0.05) is 0 Å². The normalized spacial score (nSPS) is 17.4. The van der Waals surface area contributed by atoms with Crippen LogP contribution in [0.2, 0.25) is 0 Å². The molecule has 0 saturated heterocycles. The quantitative estimate of drug-likeness (QED) is 0.551. The number of carbonyl (C=O) groups excluding carboxylic acids is 1. The molecule has 100 valence electrons. The molecule has 0 aromatic carbocycles. The Morgan fingerprint density at radius 3 is 2.41 bits per heavy atom. The Morgan fingerprint density at radius 1 is 1.35 bits per heavy atom. The molecule has 0 aliphatic heterocycles. The highest BCUT2D eigenvalue weighted by Gasteiger charge is 2.14. The first-order valence-corrected chi connectivity index (χ1v) is 6.38. The van der Waals surface area contributed by atoms with E-state index in [9.17, 15) is 9.90 Å². The van der Waals surface area contributed by atoms with E-state index in [-0.39, 0.29) is 18.0 Å². The molecule has 0 spiro atoms. The summed E-state index contributed by atoms with van der Waals surface area (Å²) in [5.41, 5.74) is 1.18. The van der Waals surface area contributed by atoms with Gasteiger partial charge < -0.3 is 9.84 Å². The van der Waals surface area contributed by atoms with Crippen LogP contribution in [-0.2, 0) is 9.53 Å². The molecule has 0 amide bonds. The predicted octanol–water partition coefficient (Wildman–Crippen LogP) is 2.93. The van der Waals surface area contributed by atoms with Crippen LogP contribution < -0.4 is 0 Å². The molecule has 0 unspecified atom stereocenters. The summed E-state index contributed by atoms with van der Waals surface area (Å²) in [6.45, 7) is 10.0. The summed E-state index contributed by atoms with van der Waals surface area (Å²) in [5, 5.41) is 9.27. The number of allylic oxidation sites excluding steroid dienone is 2. The van der Waals surface area contributed by atoms with Crippen molar-refractivity contribution in [3.05, 3.63) is 11.6 Å². The second kappa shape index (κ2) is 8.29. The van der Waals surface area contributed by atoms with E-state index in [2.05, 4.69) is 13.0 Å². The largest absolute Gasteiger partial charge is 0.466 e. The average molecular weight is 242 g/mol. The van der Waals surface area contributed by atoms with E-state index in [1.807, 2.05) is 20.8 Å². The van der Waals surface area contributed by atoms with Crippen LogP contribution in [0.5, 0.6) is 0 Å². The molecule has 3 atom stereocenters. The van der Waals surface area contributed by atoms with Crippen molar-refractivity contribution in [3.63, 3.8) is 0 Å². The van der Waals surface area contributed by atoms with E-state index in [1.165, 1.54) is 5.57 Å². The Bertz CT molecular complexity index is 256. The van der Waals surface area contributed by atoms with E-state index >= 15 is 0 Å². The topological polar surface area (TPSA) is 46.5 Å². The summed E-state index contributed by atoms with van der Waals surface area (Å²) in [7, 11) is 0. The van der Waals surface area contributed by atoms with Crippen molar-refractivity contribution < 1.29 is 14.6 Å². The third-order valence-electron chi connectivity index (χ3n) is 2.60. The SMILES string of the molecule is CCOC(=O)[C@@H](C)C/C(C)=C/[C@H](C)C[C@H](C)O. The van der Waals surface area contributed by atoms with Crippen LogP contribution in [0.3, 0.4) is 0 Å².